The number of nitrogens with two attached hydrogens (primary N) is 1. The van der Waals surface area contributed by atoms with Crippen molar-refractivity contribution in [3.05, 3.63) is 27.7 Å². The van der Waals surface area contributed by atoms with Gasteiger partial charge in [0, 0.05) is 11.5 Å². The summed E-state index contributed by atoms with van der Waals surface area (Å²) in [5, 5.41) is 0.147. The zero-order valence-electron chi connectivity index (χ0n) is 8.85. The van der Waals surface area contributed by atoms with E-state index in [2.05, 4.69) is 28.1 Å². The third kappa shape index (κ3) is 3.62. The van der Waals surface area contributed by atoms with Crippen molar-refractivity contribution in [2.75, 3.05) is 13.6 Å². The topological polar surface area (TPSA) is 63.4 Å². The van der Waals surface area contributed by atoms with Gasteiger partial charge in [-0.2, -0.15) is 4.31 Å². The first-order valence-electron chi connectivity index (χ1n) is 4.45. The molecule has 4 nitrogen and oxygen atoms in total. The highest BCUT2D eigenvalue weighted by molar-refractivity contribution is 9.10. The standard InChI is InChI=1S/C9H10BrClN2O2S2/c1-13(5-9(12)16)17(14,15)8-3-2-6(10)4-7(8)11/h2-4H,5H2,1H3,(H2,12,16). The quantitative estimate of drug-likeness (QED) is 0.837. The number of rotatable bonds is 4. The molecule has 0 amide bonds. The fraction of sp³-hybridized carbons (Fsp3) is 0.222. The van der Waals surface area contributed by atoms with E-state index in [4.69, 9.17) is 17.3 Å². The monoisotopic (exact) mass is 356 g/mol. The Bertz CT molecular complexity index is 548. The van der Waals surface area contributed by atoms with E-state index in [9.17, 15) is 8.42 Å². The second-order valence-electron chi connectivity index (χ2n) is 3.30. The van der Waals surface area contributed by atoms with Crippen LogP contribution in [0, 0.1) is 0 Å². The normalized spacial score (nSPS) is 11.8. The SMILES string of the molecule is CN(CC(N)=S)S(=O)(=O)c1ccc(Br)cc1Cl. The van der Waals surface area contributed by atoms with Gasteiger partial charge in [-0.1, -0.05) is 39.7 Å². The van der Waals surface area contributed by atoms with Gasteiger partial charge in [-0.15, -0.1) is 0 Å². The molecule has 0 saturated heterocycles. The van der Waals surface area contributed by atoms with Crippen LogP contribution in [0.1, 0.15) is 0 Å². The van der Waals surface area contributed by atoms with E-state index in [1.807, 2.05) is 0 Å². The molecule has 0 unspecified atom stereocenters. The van der Waals surface area contributed by atoms with Gasteiger partial charge in [-0.25, -0.2) is 8.42 Å². The molecule has 8 heteroatoms. The fourth-order valence-electron chi connectivity index (χ4n) is 1.16. The van der Waals surface area contributed by atoms with Crippen LogP contribution in [0.4, 0.5) is 0 Å². The second kappa shape index (κ2) is 5.62. The van der Waals surface area contributed by atoms with Crippen LogP contribution in [0.2, 0.25) is 5.02 Å². The van der Waals surface area contributed by atoms with Gasteiger partial charge in [0.1, 0.15) is 4.90 Å². The van der Waals surface area contributed by atoms with Crippen LogP contribution >= 0.6 is 39.7 Å². The van der Waals surface area contributed by atoms with Crippen molar-refractivity contribution >= 4 is 54.8 Å². The van der Waals surface area contributed by atoms with Crippen LogP contribution in [0.3, 0.4) is 0 Å². The van der Waals surface area contributed by atoms with Crippen molar-refractivity contribution in [3.8, 4) is 0 Å². The first-order chi connectivity index (χ1) is 7.75. The van der Waals surface area contributed by atoms with Gasteiger partial charge >= 0.3 is 0 Å². The van der Waals surface area contributed by atoms with Crippen molar-refractivity contribution in [1.29, 1.82) is 0 Å². The Kier molecular flexibility index (Phi) is 4.91. The molecule has 0 aliphatic carbocycles. The summed E-state index contributed by atoms with van der Waals surface area (Å²) in [5.41, 5.74) is 5.32. The van der Waals surface area contributed by atoms with Crippen LogP contribution < -0.4 is 5.73 Å². The summed E-state index contributed by atoms with van der Waals surface area (Å²) in [6.07, 6.45) is 0. The predicted molar refractivity (Wildman–Crippen MR) is 75.8 cm³/mol. The molecule has 0 radical (unpaired) electrons. The number of likely N-dealkylation sites (N-methyl/N-ethyl adjacent to an activating group) is 1. The molecular weight excluding hydrogens is 348 g/mol. The summed E-state index contributed by atoms with van der Waals surface area (Å²) in [6, 6.07) is 4.55. The number of hydrogen-bond acceptors (Lipinski definition) is 3. The van der Waals surface area contributed by atoms with Gasteiger partial charge < -0.3 is 5.73 Å². The Morgan fingerprint density at radius 2 is 2.18 bits per heavy atom. The summed E-state index contributed by atoms with van der Waals surface area (Å²) < 4.78 is 26.0. The Labute approximate surface area is 119 Å². The maximum Gasteiger partial charge on any atom is 0.244 e. The first-order valence-corrected chi connectivity index (χ1v) is 7.47. The Morgan fingerprint density at radius 3 is 2.65 bits per heavy atom. The maximum atomic E-state index is 12.1. The predicted octanol–water partition coefficient (Wildman–Crippen LogP) is 2.01. The smallest absolute Gasteiger partial charge is 0.244 e. The maximum absolute atomic E-state index is 12.1. The summed E-state index contributed by atoms with van der Waals surface area (Å²) in [4.78, 5) is 0.130. The van der Waals surface area contributed by atoms with E-state index in [1.54, 1.807) is 6.07 Å². The molecule has 0 heterocycles. The van der Waals surface area contributed by atoms with Gasteiger partial charge in [0.15, 0.2) is 0 Å². The van der Waals surface area contributed by atoms with Crippen LogP contribution in [-0.2, 0) is 10.0 Å². The number of hydrogen-bond donors (Lipinski definition) is 1. The number of thiocarbonyl (C=S) groups is 1. The van der Waals surface area contributed by atoms with E-state index in [1.165, 1.54) is 19.2 Å². The molecule has 17 heavy (non-hydrogen) atoms. The third-order valence-corrected chi connectivity index (χ3v) is 4.87. The lowest BCUT2D eigenvalue weighted by Crippen LogP contribution is -2.34. The zero-order chi connectivity index (χ0) is 13.2. The summed E-state index contributed by atoms with van der Waals surface area (Å²) in [7, 11) is -2.27. The highest BCUT2D eigenvalue weighted by Gasteiger charge is 2.23. The van der Waals surface area contributed by atoms with Gasteiger partial charge in [0.05, 0.1) is 16.6 Å². The van der Waals surface area contributed by atoms with Crippen LogP contribution in [0.15, 0.2) is 27.6 Å². The molecule has 0 fully saturated rings. The van der Waals surface area contributed by atoms with Crippen molar-refractivity contribution in [1.82, 2.24) is 4.31 Å². The van der Waals surface area contributed by atoms with E-state index < -0.39 is 10.0 Å². The molecule has 2 N–H and O–H groups in total. The Balaban J connectivity index is 3.17. The van der Waals surface area contributed by atoms with Gasteiger partial charge in [-0.05, 0) is 18.2 Å². The summed E-state index contributed by atoms with van der Waals surface area (Å²) >= 11 is 13.8. The van der Waals surface area contributed by atoms with E-state index >= 15 is 0 Å². The summed E-state index contributed by atoms with van der Waals surface area (Å²) in [6.45, 7) is -0.0238. The van der Waals surface area contributed by atoms with Crippen LogP contribution in [-0.4, -0.2) is 31.3 Å². The molecule has 0 aliphatic heterocycles. The number of nitrogens with zero attached hydrogens (tertiary/aromatic N) is 1. The van der Waals surface area contributed by atoms with E-state index in [0.29, 0.717) is 4.47 Å². The third-order valence-electron chi connectivity index (χ3n) is 1.96. The molecule has 94 valence electrons. The molecule has 0 spiro atoms. The number of sulfonamides is 1. The van der Waals surface area contributed by atoms with Crippen molar-refractivity contribution < 1.29 is 8.42 Å². The Morgan fingerprint density at radius 1 is 1.59 bits per heavy atom. The van der Waals surface area contributed by atoms with Gasteiger partial charge in [0.2, 0.25) is 10.0 Å². The molecule has 1 aromatic rings. The molecule has 1 rings (SSSR count). The minimum atomic E-state index is -3.67. The number of benzene rings is 1. The fourth-order valence-corrected chi connectivity index (χ4v) is 3.59. The molecule has 0 atom stereocenters. The highest BCUT2D eigenvalue weighted by Crippen LogP contribution is 2.27. The molecule has 0 aliphatic rings. The van der Waals surface area contributed by atoms with E-state index in [0.717, 1.165) is 4.31 Å². The summed E-state index contributed by atoms with van der Waals surface area (Å²) in [5.74, 6) is 0. The lowest BCUT2D eigenvalue weighted by Gasteiger charge is -2.17. The second-order valence-corrected chi connectivity index (χ2v) is 7.16. The largest absolute Gasteiger partial charge is 0.392 e. The van der Waals surface area contributed by atoms with Gasteiger partial charge in [-0.3, -0.25) is 0 Å². The minimum absolute atomic E-state index is 0.0238. The minimum Gasteiger partial charge on any atom is -0.392 e. The molecule has 1 aromatic carbocycles. The number of halogens is 2. The van der Waals surface area contributed by atoms with Crippen molar-refractivity contribution in [2.45, 2.75) is 4.90 Å². The molecular formula is C9H10BrClN2O2S2. The van der Waals surface area contributed by atoms with Crippen molar-refractivity contribution in [2.24, 2.45) is 5.73 Å². The van der Waals surface area contributed by atoms with Crippen LogP contribution in [0.25, 0.3) is 0 Å². The van der Waals surface area contributed by atoms with Crippen molar-refractivity contribution in [3.63, 3.8) is 0 Å². The molecule has 0 bridgehead atoms. The average molecular weight is 358 g/mol. The van der Waals surface area contributed by atoms with E-state index in [-0.39, 0.29) is 21.5 Å². The van der Waals surface area contributed by atoms with Gasteiger partial charge in [0.25, 0.3) is 0 Å². The first kappa shape index (κ1) is 14.8. The Hall–Kier alpha value is -0.210. The average Bonchev–Trinajstić information content (AvgIpc) is 2.15. The molecule has 0 saturated carbocycles. The zero-order valence-corrected chi connectivity index (χ0v) is 12.8. The highest BCUT2D eigenvalue weighted by atomic mass is 79.9. The molecule has 0 aromatic heterocycles. The lowest BCUT2D eigenvalue weighted by molar-refractivity contribution is 0.506. The van der Waals surface area contributed by atoms with Crippen LogP contribution in [0.5, 0.6) is 0 Å². The lowest BCUT2D eigenvalue weighted by atomic mass is 10.4.